The van der Waals surface area contributed by atoms with Crippen molar-refractivity contribution in [3.8, 4) is 0 Å². The minimum absolute atomic E-state index is 0.406. The fraction of sp³-hybridized carbons (Fsp3) is 0.571. The summed E-state index contributed by atoms with van der Waals surface area (Å²) in [5.41, 5.74) is 1.06. The zero-order chi connectivity index (χ0) is 13.9. The molecule has 1 N–H and O–H groups in total. The van der Waals surface area contributed by atoms with Crippen LogP contribution in [0.25, 0.3) is 0 Å². The Morgan fingerprint density at radius 2 is 2.00 bits per heavy atom. The van der Waals surface area contributed by atoms with Crippen molar-refractivity contribution >= 4 is 9.84 Å². The van der Waals surface area contributed by atoms with Crippen LogP contribution in [-0.2, 0) is 16.4 Å². The zero-order valence-corrected chi connectivity index (χ0v) is 12.4. The third kappa shape index (κ3) is 4.03. The molecule has 0 radical (unpaired) electrons. The number of nitrogens with one attached hydrogen (secondary N) is 1. The van der Waals surface area contributed by atoms with E-state index >= 15 is 0 Å². The van der Waals surface area contributed by atoms with Crippen LogP contribution in [0.4, 0.5) is 0 Å². The lowest BCUT2D eigenvalue weighted by Gasteiger charge is -2.31. The van der Waals surface area contributed by atoms with Crippen LogP contribution >= 0.6 is 0 Å². The predicted octanol–water partition coefficient (Wildman–Crippen LogP) is 1.27. The Morgan fingerprint density at radius 3 is 2.63 bits per heavy atom. The number of nitrogens with zero attached hydrogens (tertiary/aromatic N) is 1. The molecule has 106 valence electrons. The van der Waals surface area contributed by atoms with E-state index in [2.05, 4.69) is 17.3 Å². The predicted molar refractivity (Wildman–Crippen MR) is 76.9 cm³/mol. The van der Waals surface area contributed by atoms with Crippen molar-refractivity contribution in [2.75, 3.05) is 26.4 Å². The Bertz CT molecular complexity index is 522. The van der Waals surface area contributed by atoms with E-state index in [1.165, 1.54) is 6.26 Å². The summed E-state index contributed by atoms with van der Waals surface area (Å²) in [6.45, 7) is 2.94. The molecule has 1 aromatic carbocycles. The summed E-state index contributed by atoms with van der Waals surface area (Å²) in [4.78, 5) is 2.73. The molecule has 0 spiro atoms. The van der Waals surface area contributed by atoms with Crippen LogP contribution in [0.2, 0.25) is 0 Å². The van der Waals surface area contributed by atoms with Crippen LogP contribution in [0.1, 0.15) is 18.4 Å². The highest BCUT2D eigenvalue weighted by atomic mass is 32.2. The first-order valence-corrected chi connectivity index (χ1v) is 8.56. The van der Waals surface area contributed by atoms with Gasteiger partial charge in [0.05, 0.1) is 4.90 Å². The molecular weight excluding hydrogens is 260 g/mol. The van der Waals surface area contributed by atoms with E-state index in [1.54, 1.807) is 12.1 Å². The van der Waals surface area contributed by atoms with Gasteiger partial charge in [0.1, 0.15) is 0 Å². The summed E-state index contributed by atoms with van der Waals surface area (Å²) in [5.74, 6) is 0. The van der Waals surface area contributed by atoms with Crippen molar-refractivity contribution in [2.45, 2.75) is 30.3 Å². The number of hydrogen-bond donors (Lipinski definition) is 1. The molecule has 0 atom stereocenters. The van der Waals surface area contributed by atoms with Gasteiger partial charge in [0.2, 0.25) is 0 Å². The molecule has 0 bridgehead atoms. The maximum absolute atomic E-state index is 11.6. The van der Waals surface area contributed by atoms with E-state index in [0.717, 1.165) is 38.0 Å². The van der Waals surface area contributed by atoms with Crippen molar-refractivity contribution in [2.24, 2.45) is 0 Å². The van der Waals surface area contributed by atoms with E-state index in [1.807, 2.05) is 12.1 Å². The second-order valence-electron chi connectivity index (χ2n) is 5.32. The van der Waals surface area contributed by atoms with Crippen molar-refractivity contribution in [1.82, 2.24) is 10.2 Å². The molecule has 1 aliphatic rings. The standard InChI is InChI=1S/C14H22N2O2S/c1-16(13-6-8-15-9-7-13)11-12-4-3-5-14(10-12)19(2,17)18/h3-5,10,13,15H,6-9,11H2,1-2H3. The summed E-state index contributed by atoms with van der Waals surface area (Å²) in [6, 6.07) is 7.84. The fourth-order valence-electron chi connectivity index (χ4n) is 2.54. The van der Waals surface area contributed by atoms with Gasteiger partial charge in [-0.1, -0.05) is 12.1 Å². The minimum atomic E-state index is -3.11. The Labute approximate surface area is 115 Å². The van der Waals surface area contributed by atoms with Crippen molar-refractivity contribution in [3.63, 3.8) is 0 Å². The van der Waals surface area contributed by atoms with E-state index < -0.39 is 9.84 Å². The van der Waals surface area contributed by atoms with E-state index in [0.29, 0.717) is 10.9 Å². The van der Waals surface area contributed by atoms with E-state index in [4.69, 9.17) is 0 Å². The molecule has 0 saturated carbocycles. The molecule has 1 heterocycles. The highest BCUT2D eigenvalue weighted by molar-refractivity contribution is 7.90. The Morgan fingerprint density at radius 1 is 1.32 bits per heavy atom. The van der Waals surface area contributed by atoms with Gasteiger partial charge in [0.25, 0.3) is 0 Å². The normalized spacial score (nSPS) is 17.8. The van der Waals surface area contributed by atoms with Gasteiger partial charge in [-0.3, -0.25) is 4.90 Å². The van der Waals surface area contributed by atoms with Crippen molar-refractivity contribution in [3.05, 3.63) is 29.8 Å². The number of sulfone groups is 1. The molecule has 5 heteroatoms. The van der Waals surface area contributed by atoms with Crippen LogP contribution < -0.4 is 5.32 Å². The van der Waals surface area contributed by atoms with Gasteiger partial charge in [0, 0.05) is 18.8 Å². The van der Waals surface area contributed by atoms with Gasteiger partial charge in [-0.05, 0) is 50.7 Å². The van der Waals surface area contributed by atoms with Gasteiger partial charge >= 0.3 is 0 Å². The maximum atomic E-state index is 11.6. The highest BCUT2D eigenvalue weighted by Crippen LogP contribution is 2.16. The smallest absolute Gasteiger partial charge is 0.175 e. The van der Waals surface area contributed by atoms with Gasteiger partial charge in [-0.15, -0.1) is 0 Å². The minimum Gasteiger partial charge on any atom is -0.317 e. The summed E-state index contributed by atoms with van der Waals surface area (Å²) in [7, 11) is -1.00. The summed E-state index contributed by atoms with van der Waals surface area (Å²) >= 11 is 0. The molecule has 1 aromatic rings. The lowest BCUT2D eigenvalue weighted by molar-refractivity contribution is 0.191. The molecule has 1 fully saturated rings. The van der Waals surface area contributed by atoms with Crippen molar-refractivity contribution in [1.29, 1.82) is 0 Å². The highest BCUT2D eigenvalue weighted by Gasteiger charge is 2.18. The fourth-order valence-corrected chi connectivity index (χ4v) is 3.23. The van der Waals surface area contributed by atoms with Crippen LogP contribution in [0.15, 0.2) is 29.2 Å². The monoisotopic (exact) mass is 282 g/mol. The van der Waals surface area contributed by atoms with Crippen LogP contribution in [0.3, 0.4) is 0 Å². The number of rotatable bonds is 4. The second kappa shape index (κ2) is 6.03. The molecule has 1 aliphatic heterocycles. The molecular formula is C14H22N2O2S. The molecule has 2 rings (SSSR count). The number of hydrogen-bond acceptors (Lipinski definition) is 4. The Kier molecular flexibility index (Phi) is 4.60. The number of benzene rings is 1. The number of piperidine rings is 1. The lowest BCUT2D eigenvalue weighted by atomic mass is 10.0. The van der Waals surface area contributed by atoms with Crippen LogP contribution in [-0.4, -0.2) is 45.8 Å². The first-order valence-electron chi connectivity index (χ1n) is 6.67. The molecule has 0 aliphatic carbocycles. The van der Waals surface area contributed by atoms with Crippen molar-refractivity contribution < 1.29 is 8.42 Å². The zero-order valence-electron chi connectivity index (χ0n) is 11.6. The average Bonchev–Trinajstić information content (AvgIpc) is 2.39. The van der Waals surface area contributed by atoms with E-state index in [-0.39, 0.29) is 0 Å². The largest absolute Gasteiger partial charge is 0.317 e. The topological polar surface area (TPSA) is 49.4 Å². The summed E-state index contributed by atoms with van der Waals surface area (Å²) in [5, 5.41) is 3.36. The first kappa shape index (κ1) is 14.5. The summed E-state index contributed by atoms with van der Waals surface area (Å²) < 4.78 is 23.1. The molecule has 0 unspecified atom stereocenters. The van der Waals surface area contributed by atoms with Gasteiger partial charge < -0.3 is 5.32 Å². The Balaban J connectivity index is 2.06. The van der Waals surface area contributed by atoms with Crippen LogP contribution in [0.5, 0.6) is 0 Å². The van der Waals surface area contributed by atoms with Gasteiger partial charge in [-0.25, -0.2) is 8.42 Å². The molecule has 0 aromatic heterocycles. The van der Waals surface area contributed by atoms with Gasteiger partial charge in [0.15, 0.2) is 9.84 Å². The third-order valence-corrected chi connectivity index (χ3v) is 4.80. The first-order chi connectivity index (χ1) is 8.97. The third-order valence-electron chi connectivity index (χ3n) is 3.69. The van der Waals surface area contributed by atoms with Crippen LogP contribution in [0, 0.1) is 0 Å². The summed E-state index contributed by atoms with van der Waals surface area (Å²) in [6.07, 6.45) is 3.56. The molecule has 1 saturated heterocycles. The lowest BCUT2D eigenvalue weighted by Crippen LogP contribution is -2.40. The second-order valence-corrected chi connectivity index (χ2v) is 7.33. The van der Waals surface area contributed by atoms with Gasteiger partial charge in [-0.2, -0.15) is 0 Å². The quantitative estimate of drug-likeness (QED) is 0.903. The average molecular weight is 282 g/mol. The molecule has 0 amide bonds. The maximum Gasteiger partial charge on any atom is 0.175 e. The SMILES string of the molecule is CN(Cc1cccc(S(C)(=O)=O)c1)C1CCNCC1. The molecule has 19 heavy (non-hydrogen) atoms. The Hall–Kier alpha value is -0.910. The molecule has 4 nitrogen and oxygen atoms in total. The van der Waals surface area contributed by atoms with E-state index in [9.17, 15) is 8.42 Å².